The zero-order valence-corrected chi connectivity index (χ0v) is 21.4. The lowest BCUT2D eigenvalue weighted by atomic mass is 9.94. The number of benzene rings is 2. The van der Waals surface area contributed by atoms with Gasteiger partial charge in [-0.25, -0.2) is 0 Å². The highest BCUT2D eigenvalue weighted by Gasteiger charge is 2.28. The van der Waals surface area contributed by atoms with Crippen molar-refractivity contribution in [2.45, 2.75) is 38.3 Å². The normalized spacial score (nSPS) is 17.9. The Labute approximate surface area is 213 Å². The first-order valence-corrected chi connectivity index (χ1v) is 12.8. The molecule has 0 bridgehead atoms. The number of piperidine rings is 2. The highest BCUT2D eigenvalue weighted by Crippen LogP contribution is 2.29. The first-order valence-electron chi connectivity index (χ1n) is 12.8. The minimum Gasteiger partial charge on any atom is -0.493 e. The zero-order chi connectivity index (χ0) is 25.3. The number of anilines is 1. The molecule has 0 aliphatic carbocycles. The van der Waals surface area contributed by atoms with Crippen LogP contribution in [-0.4, -0.2) is 74.6 Å². The van der Waals surface area contributed by atoms with Gasteiger partial charge in [-0.1, -0.05) is 30.3 Å². The molecule has 0 unspecified atom stereocenters. The highest BCUT2D eigenvalue weighted by molar-refractivity contribution is 5.92. The fourth-order valence-corrected chi connectivity index (χ4v) is 5.07. The van der Waals surface area contributed by atoms with Crippen molar-refractivity contribution >= 4 is 17.5 Å². The van der Waals surface area contributed by atoms with Crippen LogP contribution in [0, 0.1) is 5.92 Å². The van der Waals surface area contributed by atoms with Crippen molar-refractivity contribution in [1.82, 2.24) is 15.1 Å². The summed E-state index contributed by atoms with van der Waals surface area (Å²) in [7, 11) is 3.15. The fourth-order valence-electron chi connectivity index (χ4n) is 5.07. The summed E-state index contributed by atoms with van der Waals surface area (Å²) in [6.45, 7) is 4.78. The summed E-state index contributed by atoms with van der Waals surface area (Å²) in [6.07, 6.45) is 3.55. The molecule has 0 spiro atoms. The van der Waals surface area contributed by atoms with Crippen molar-refractivity contribution in [3.63, 3.8) is 0 Å². The average molecular weight is 495 g/mol. The van der Waals surface area contributed by atoms with Crippen molar-refractivity contribution < 1.29 is 19.1 Å². The molecule has 0 atom stereocenters. The van der Waals surface area contributed by atoms with Crippen LogP contribution in [0.15, 0.2) is 48.5 Å². The van der Waals surface area contributed by atoms with Gasteiger partial charge < -0.3 is 20.1 Å². The average Bonchev–Trinajstić information content (AvgIpc) is 2.90. The Balaban J connectivity index is 1.15. The van der Waals surface area contributed by atoms with E-state index in [1.165, 1.54) is 5.56 Å². The van der Waals surface area contributed by atoms with Crippen molar-refractivity contribution in [3.05, 3.63) is 54.1 Å². The van der Waals surface area contributed by atoms with Gasteiger partial charge in [0.15, 0.2) is 11.5 Å². The summed E-state index contributed by atoms with van der Waals surface area (Å²) in [5, 5.41) is 6.22. The van der Waals surface area contributed by atoms with Gasteiger partial charge in [-0.05, 0) is 56.5 Å². The van der Waals surface area contributed by atoms with Gasteiger partial charge >= 0.3 is 0 Å². The molecule has 2 aromatic rings. The molecule has 194 valence electrons. The van der Waals surface area contributed by atoms with E-state index >= 15 is 0 Å². The van der Waals surface area contributed by atoms with Gasteiger partial charge in [0.1, 0.15) is 0 Å². The fraction of sp³-hybridized carbons (Fsp3) is 0.500. The van der Waals surface area contributed by atoms with E-state index in [-0.39, 0.29) is 23.8 Å². The van der Waals surface area contributed by atoms with Crippen LogP contribution in [0.2, 0.25) is 0 Å². The molecular formula is C28H38N4O4. The second kappa shape index (κ2) is 12.7. The van der Waals surface area contributed by atoms with Crippen molar-refractivity contribution in [3.8, 4) is 11.5 Å². The first kappa shape index (κ1) is 26.0. The van der Waals surface area contributed by atoms with Crippen molar-refractivity contribution in [2.75, 3.05) is 52.3 Å². The predicted molar refractivity (Wildman–Crippen MR) is 140 cm³/mol. The van der Waals surface area contributed by atoms with Crippen molar-refractivity contribution in [2.24, 2.45) is 5.92 Å². The number of nitrogens with zero attached hydrogens (tertiary/aromatic N) is 2. The zero-order valence-electron chi connectivity index (χ0n) is 21.4. The Morgan fingerprint density at radius 3 is 2.19 bits per heavy atom. The molecule has 2 heterocycles. The number of likely N-dealkylation sites (tertiary alicyclic amines) is 2. The van der Waals surface area contributed by atoms with Crippen LogP contribution in [0.4, 0.5) is 5.69 Å². The molecule has 0 saturated carbocycles. The van der Waals surface area contributed by atoms with Gasteiger partial charge in [-0.15, -0.1) is 0 Å². The SMILES string of the molecule is COc1ccc(NC(=O)CN2CCC(C(=O)NC3CCN(Cc4ccccc4)CC3)CC2)cc1OC. The monoisotopic (exact) mass is 494 g/mol. The molecule has 2 aromatic carbocycles. The number of carbonyl (C=O) groups is 2. The van der Waals surface area contributed by atoms with E-state index in [0.717, 1.165) is 58.4 Å². The van der Waals surface area contributed by atoms with E-state index in [4.69, 9.17) is 9.47 Å². The molecule has 2 amide bonds. The third-order valence-corrected chi connectivity index (χ3v) is 7.18. The van der Waals surface area contributed by atoms with E-state index in [9.17, 15) is 9.59 Å². The highest BCUT2D eigenvalue weighted by atomic mass is 16.5. The Morgan fingerprint density at radius 2 is 1.53 bits per heavy atom. The van der Waals surface area contributed by atoms with Gasteiger partial charge in [0.25, 0.3) is 0 Å². The number of rotatable bonds is 9. The van der Waals surface area contributed by atoms with E-state index in [1.807, 2.05) is 6.07 Å². The van der Waals surface area contributed by atoms with Gasteiger partial charge in [0.05, 0.1) is 20.8 Å². The third-order valence-electron chi connectivity index (χ3n) is 7.18. The lowest BCUT2D eigenvalue weighted by Crippen LogP contribution is -2.48. The maximum Gasteiger partial charge on any atom is 0.238 e. The maximum atomic E-state index is 12.9. The topological polar surface area (TPSA) is 83.1 Å². The predicted octanol–water partition coefficient (Wildman–Crippen LogP) is 3.14. The molecule has 2 aliphatic rings. The molecule has 2 fully saturated rings. The van der Waals surface area contributed by atoms with E-state index in [0.29, 0.717) is 23.7 Å². The Morgan fingerprint density at radius 1 is 0.861 bits per heavy atom. The van der Waals surface area contributed by atoms with Crippen LogP contribution in [0.1, 0.15) is 31.2 Å². The molecule has 8 heteroatoms. The number of hydrogen-bond acceptors (Lipinski definition) is 6. The van der Waals surface area contributed by atoms with E-state index in [1.54, 1.807) is 32.4 Å². The summed E-state index contributed by atoms with van der Waals surface area (Å²) < 4.78 is 10.5. The van der Waals surface area contributed by atoms with Gasteiger partial charge in [-0.3, -0.25) is 19.4 Å². The number of hydrogen-bond donors (Lipinski definition) is 2. The van der Waals surface area contributed by atoms with Crippen LogP contribution in [0.3, 0.4) is 0 Å². The number of nitrogens with one attached hydrogen (secondary N) is 2. The summed E-state index contributed by atoms with van der Waals surface area (Å²) in [4.78, 5) is 30.0. The van der Waals surface area contributed by atoms with Gasteiger partial charge in [0.2, 0.25) is 11.8 Å². The summed E-state index contributed by atoms with van der Waals surface area (Å²) in [5.74, 6) is 1.31. The summed E-state index contributed by atoms with van der Waals surface area (Å²) >= 11 is 0. The lowest BCUT2D eigenvalue weighted by molar-refractivity contribution is -0.127. The van der Waals surface area contributed by atoms with Crippen LogP contribution in [0.5, 0.6) is 11.5 Å². The molecular weight excluding hydrogens is 456 g/mol. The maximum absolute atomic E-state index is 12.9. The number of amides is 2. The third kappa shape index (κ3) is 7.21. The molecule has 0 aromatic heterocycles. The Bertz CT molecular complexity index is 1000. The lowest BCUT2D eigenvalue weighted by Gasteiger charge is -2.35. The Kier molecular flexibility index (Phi) is 9.19. The summed E-state index contributed by atoms with van der Waals surface area (Å²) in [5.41, 5.74) is 2.01. The molecule has 2 aliphatic heterocycles. The smallest absolute Gasteiger partial charge is 0.238 e. The van der Waals surface area contributed by atoms with E-state index in [2.05, 4.69) is 44.7 Å². The second-order valence-corrected chi connectivity index (χ2v) is 9.71. The molecule has 8 nitrogen and oxygen atoms in total. The van der Waals surface area contributed by atoms with Crippen LogP contribution in [0.25, 0.3) is 0 Å². The molecule has 2 saturated heterocycles. The molecule has 2 N–H and O–H groups in total. The summed E-state index contributed by atoms with van der Waals surface area (Å²) in [6, 6.07) is 16.1. The first-order chi connectivity index (χ1) is 17.5. The van der Waals surface area contributed by atoms with Crippen LogP contribution < -0.4 is 20.1 Å². The second-order valence-electron chi connectivity index (χ2n) is 9.71. The van der Waals surface area contributed by atoms with E-state index < -0.39 is 0 Å². The quantitative estimate of drug-likeness (QED) is 0.557. The Hall–Kier alpha value is -3.10. The standard InChI is InChI=1S/C28H38N4O4/c1-35-25-9-8-24(18-26(25)36-2)29-27(33)20-32-14-10-22(11-15-32)28(34)30-23-12-16-31(17-13-23)19-21-6-4-3-5-7-21/h3-9,18,22-23H,10-17,19-20H2,1-2H3,(H,29,33)(H,30,34). The number of carbonyl (C=O) groups excluding carboxylic acids is 2. The molecule has 36 heavy (non-hydrogen) atoms. The van der Waals surface area contributed by atoms with Gasteiger partial charge in [-0.2, -0.15) is 0 Å². The van der Waals surface area contributed by atoms with Crippen LogP contribution >= 0.6 is 0 Å². The molecule has 4 rings (SSSR count). The van der Waals surface area contributed by atoms with Crippen molar-refractivity contribution in [1.29, 1.82) is 0 Å². The number of methoxy groups -OCH3 is 2. The largest absolute Gasteiger partial charge is 0.493 e. The minimum atomic E-state index is -0.0765. The van der Waals surface area contributed by atoms with Crippen LogP contribution in [-0.2, 0) is 16.1 Å². The van der Waals surface area contributed by atoms with Gasteiger partial charge in [0, 0.05) is 43.3 Å². The molecule has 0 radical (unpaired) electrons. The number of ether oxygens (including phenoxy) is 2. The minimum absolute atomic E-state index is 0.0255.